The van der Waals surface area contributed by atoms with Crippen molar-refractivity contribution in [2.45, 2.75) is 20.0 Å². The summed E-state index contributed by atoms with van der Waals surface area (Å²) in [6.45, 7) is -3.13. The van der Waals surface area contributed by atoms with Gasteiger partial charge in [0, 0.05) is 54.9 Å². The van der Waals surface area contributed by atoms with Gasteiger partial charge in [-0.05, 0) is 63.4 Å². The van der Waals surface area contributed by atoms with Gasteiger partial charge in [0.05, 0.1) is 35.5 Å². The molecule has 0 aliphatic heterocycles. The number of nitrogens with zero attached hydrogens (tertiary/aromatic N) is 4. The fraction of sp³-hybridized carbons (Fsp3) is 0.226. The number of nitrogens with one attached hydrogen (secondary N) is 1. The molecule has 0 unspecified atom stereocenters. The Labute approximate surface area is 247 Å². The van der Waals surface area contributed by atoms with Crippen molar-refractivity contribution >= 4 is 39.7 Å². The van der Waals surface area contributed by atoms with Crippen LogP contribution in [-0.4, -0.2) is 47.8 Å². The number of halogens is 1. The van der Waals surface area contributed by atoms with E-state index in [2.05, 4.69) is 21.4 Å². The van der Waals surface area contributed by atoms with E-state index in [1.165, 1.54) is 6.20 Å². The highest BCUT2D eigenvalue weighted by molar-refractivity contribution is 6.32. The molecule has 0 spiro atoms. The molecule has 8 nitrogen and oxygen atoms in total. The number of allylic oxidation sites excluding steroid dienone is 1. The van der Waals surface area contributed by atoms with Gasteiger partial charge >= 0.3 is 0 Å². The van der Waals surface area contributed by atoms with Crippen molar-refractivity contribution in [2.24, 2.45) is 0 Å². The van der Waals surface area contributed by atoms with Gasteiger partial charge in [0.15, 0.2) is 5.78 Å². The molecule has 4 rings (SSSR count). The van der Waals surface area contributed by atoms with E-state index >= 15 is 0 Å². The molecule has 2 aromatic carbocycles. The van der Waals surface area contributed by atoms with Gasteiger partial charge in [-0.15, -0.1) is 0 Å². The first kappa shape index (κ1) is 21.4. The molecule has 0 radical (unpaired) electrons. The number of fused-ring (bicyclic) bond motifs is 1. The minimum absolute atomic E-state index is 0.211. The van der Waals surface area contributed by atoms with E-state index in [4.69, 9.17) is 29.3 Å². The third kappa shape index (κ3) is 7.35. The van der Waals surface area contributed by atoms with E-state index in [0.717, 1.165) is 12.7 Å². The molecule has 1 N–H and O–H groups in total. The Kier molecular flexibility index (Phi) is 7.25. The summed E-state index contributed by atoms with van der Waals surface area (Å²) >= 11 is 6.51. The van der Waals surface area contributed by atoms with Crippen LogP contribution in [0, 0.1) is 11.3 Å². The van der Waals surface area contributed by atoms with Crippen molar-refractivity contribution in [3.05, 3.63) is 94.9 Å². The lowest BCUT2D eigenvalue weighted by molar-refractivity contribution is -0.114. The summed E-state index contributed by atoms with van der Waals surface area (Å²) < 4.78 is 58.3. The fourth-order valence-corrected chi connectivity index (χ4v) is 4.06. The number of anilines is 2. The monoisotopic (exact) mass is 561 g/mol. The van der Waals surface area contributed by atoms with Gasteiger partial charge in [0.25, 0.3) is 0 Å². The zero-order chi connectivity index (χ0) is 33.6. The second kappa shape index (κ2) is 13.6. The molecular formula is C31H30ClN5O3. The molecule has 40 heavy (non-hydrogen) atoms. The van der Waals surface area contributed by atoms with Crippen LogP contribution in [0.5, 0.6) is 11.5 Å². The summed E-state index contributed by atoms with van der Waals surface area (Å²) in [6.07, 6.45) is 3.38. The summed E-state index contributed by atoms with van der Waals surface area (Å²) in [5, 5.41) is 13.9. The Morgan fingerprint density at radius 3 is 2.85 bits per heavy atom. The van der Waals surface area contributed by atoms with Gasteiger partial charge in [-0.1, -0.05) is 23.7 Å². The summed E-state index contributed by atoms with van der Waals surface area (Å²) in [6, 6.07) is 15.2. The lowest BCUT2D eigenvalue weighted by Gasteiger charge is -2.16. The van der Waals surface area contributed by atoms with Crippen LogP contribution in [0.3, 0.4) is 0 Å². The molecule has 9 heteroatoms. The molecule has 0 fully saturated rings. The zero-order valence-corrected chi connectivity index (χ0v) is 22.6. The van der Waals surface area contributed by atoms with E-state index in [0.29, 0.717) is 55.3 Å². The first-order chi connectivity index (χ1) is 21.7. The molecule has 0 aliphatic rings. The molecule has 0 amide bonds. The first-order valence-electron chi connectivity index (χ1n) is 15.3. The van der Waals surface area contributed by atoms with E-state index in [-0.39, 0.29) is 25.2 Å². The number of likely N-dealkylation sites (N-methyl/N-ethyl adjacent to an activating group) is 1. The predicted molar refractivity (Wildman–Crippen MR) is 157 cm³/mol. The van der Waals surface area contributed by atoms with E-state index < -0.39 is 25.3 Å². The number of pyridine rings is 2. The van der Waals surface area contributed by atoms with Gasteiger partial charge in [-0.2, -0.15) is 5.26 Å². The number of ether oxygens (including phenoxy) is 2. The number of benzene rings is 2. The number of hydrogen-bond acceptors (Lipinski definition) is 8. The van der Waals surface area contributed by atoms with Crippen molar-refractivity contribution in [3.8, 4) is 17.6 Å². The fourth-order valence-electron chi connectivity index (χ4n) is 3.82. The lowest BCUT2D eigenvalue weighted by Crippen LogP contribution is -2.11. The highest BCUT2D eigenvalue weighted by Crippen LogP contribution is 2.36. The number of ketones is 1. The number of nitriles is 1. The van der Waals surface area contributed by atoms with Crippen LogP contribution in [0.4, 0.5) is 11.4 Å². The van der Waals surface area contributed by atoms with Crippen LogP contribution in [0.25, 0.3) is 10.9 Å². The SMILES string of the molecule is [2H]/C(=C\C([2H])([2H])N(C)C([2H])([2H])[2H])C(=O)Cc1cc2c(Nc3ccc(OCc4ccccn4)c(Cl)c3)c(C#N)cnc2cc1OCC. The maximum atomic E-state index is 13.1. The Hall–Kier alpha value is -4.45. The van der Waals surface area contributed by atoms with Crippen molar-refractivity contribution in [3.63, 3.8) is 0 Å². The second-order valence-corrected chi connectivity index (χ2v) is 8.93. The van der Waals surface area contributed by atoms with Gasteiger partial charge in [-0.25, -0.2) is 0 Å². The number of carbonyl (C=O) groups excluding carboxylic acids is 1. The van der Waals surface area contributed by atoms with E-state index in [9.17, 15) is 10.1 Å². The molecule has 0 saturated carbocycles. The van der Waals surface area contributed by atoms with Crippen molar-refractivity contribution < 1.29 is 22.5 Å². The van der Waals surface area contributed by atoms with Crippen LogP contribution in [0.2, 0.25) is 5.02 Å². The Bertz CT molecular complexity index is 1810. The number of aromatic nitrogens is 2. The third-order valence-corrected chi connectivity index (χ3v) is 5.91. The van der Waals surface area contributed by atoms with Crippen LogP contribution in [-0.2, 0) is 17.8 Å². The van der Waals surface area contributed by atoms with Crippen molar-refractivity contribution in [1.29, 1.82) is 5.26 Å². The molecule has 0 atom stereocenters. The average molecular weight is 562 g/mol. The van der Waals surface area contributed by atoms with Gasteiger partial charge < -0.3 is 19.7 Å². The highest BCUT2D eigenvalue weighted by Gasteiger charge is 2.16. The topological polar surface area (TPSA) is 100 Å². The summed E-state index contributed by atoms with van der Waals surface area (Å²) in [5.74, 6) is -0.0108. The molecule has 0 bridgehead atoms. The van der Waals surface area contributed by atoms with Gasteiger partial charge in [0.2, 0.25) is 0 Å². The largest absolute Gasteiger partial charge is 0.494 e. The van der Waals surface area contributed by atoms with Crippen LogP contribution in [0.1, 0.15) is 32.0 Å². The molecule has 0 aliphatic carbocycles. The standard InChI is InChI=1S/C31H30ClN5O3/c1-4-39-30-17-28-26(15-21(30)14-25(38)9-7-13-37(2)3)31(22(18-33)19-35-28)36-23-10-11-29(27(32)16-23)40-20-24-8-5-6-12-34-24/h5-12,15-17,19H,4,13-14,20H2,1-3H3,(H,35,36)/b9-7+/i2D3,9D,13D2. The number of rotatable bonds is 12. The summed E-state index contributed by atoms with van der Waals surface area (Å²) in [7, 11) is 1.04. The van der Waals surface area contributed by atoms with Gasteiger partial charge in [-0.3, -0.25) is 14.8 Å². The number of carbonyl (C=O) groups is 1. The Morgan fingerprint density at radius 1 is 1.25 bits per heavy atom. The molecular weight excluding hydrogens is 526 g/mol. The zero-order valence-electron chi connectivity index (χ0n) is 27.9. The van der Waals surface area contributed by atoms with E-state index in [1.807, 2.05) is 18.2 Å². The molecule has 4 aromatic rings. The van der Waals surface area contributed by atoms with Crippen LogP contribution >= 0.6 is 11.6 Å². The molecule has 2 aromatic heterocycles. The minimum atomic E-state index is -2.78. The third-order valence-electron chi connectivity index (χ3n) is 5.62. The van der Waals surface area contributed by atoms with Gasteiger partial charge in [0.1, 0.15) is 24.2 Å². The Balaban J connectivity index is 1.67. The maximum Gasteiger partial charge on any atom is 0.159 e. The predicted octanol–water partition coefficient (Wildman–Crippen LogP) is 6.11. The summed E-state index contributed by atoms with van der Waals surface area (Å²) in [4.78, 5) is 22.2. The van der Waals surface area contributed by atoms with Crippen molar-refractivity contribution in [2.75, 3.05) is 32.4 Å². The lowest BCUT2D eigenvalue weighted by atomic mass is 10.0. The summed E-state index contributed by atoms with van der Waals surface area (Å²) in [5.41, 5.74) is 2.70. The first-order valence-corrected chi connectivity index (χ1v) is 12.7. The number of hydrogen-bond donors (Lipinski definition) is 1. The molecule has 2 heterocycles. The average Bonchev–Trinajstić information content (AvgIpc) is 3.00. The molecule has 0 saturated heterocycles. The molecule has 204 valence electrons. The normalized spacial score (nSPS) is 14.2. The van der Waals surface area contributed by atoms with E-state index in [1.54, 1.807) is 43.5 Å². The highest BCUT2D eigenvalue weighted by atomic mass is 35.5. The second-order valence-electron chi connectivity index (χ2n) is 8.53. The van der Waals surface area contributed by atoms with Crippen LogP contribution in [0.15, 0.2) is 73.1 Å². The maximum absolute atomic E-state index is 13.1. The smallest absolute Gasteiger partial charge is 0.159 e. The minimum Gasteiger partial charge on any atom is -0.494 e. The quantitative estimate of drug-likeness (QED) is 0.207. The van der Waals surface area contributed by atoms with Crippen molar-refractivity contribution in [1.82, 2.24) is 14.9 Å². The Morgan fingerprint density at radius 2 is 2.12 bits per heavy atom. The van der Waals surface area contributed by atoms with Crippen LogP contribution < -0.4 is 14.8 Å².